The lowest BCUT2D eigenvalue weighted by Gasteiger charge is -2.11. The van der Waals surface area contributed by atoms with Crippen LogP contribution in [-0.4, -0.2) is 12.0 Å². The van der Waals surface area contributed by atoms with E-state index in [1.165, 1.54) is 12.4 Å². The number of anilines is 1. The molecule has 0 radical (unpaired) electrons. The van der Waals surface area contributed by atoms with Gasteiger partial charge < -0.3 is 5.73 Å². The lowest BCUT2D eigenvalue weighted by atomic mass is 9.96. The van der Waals surface area contributed by atoms with Gasteiger partial charge in [0.05, 0.1) is 17.5 Å². The number of benzene rings is 1. The summed E-state index contributed by atoms with van der Waals surface area (Å²) >= 11 is 0. The average molecular weight is 319 g/mol. The van der Waals surface area contributed by atoms with E-state index >= 15 is 0 Å². The topological polar surface area (TPSA) is 67.5 Å². The molecule has 0 aromatic heterocycles. The third kappa shape index (κ3) is 4.12. The highest BCUT2D eigenvalue weighted by Gasteiger charge is 2.24. The molecule has 0 saturated heterocycles. The molecule has 122 valence electrons. The fraction of sp³-hybridized carbons (Fsp3) is 0.176. The van der Waals surface area contributed by atoms with Gasteiger partial charge in [-0.1, -0.05) is 26.5 Å². The molecule has 0 unspecified atom stereocenters. The highest BCUT2D eigenvalue weighted by Crippen LogP contribution is 2.24. The van der Waals surface area contributed by atoms with Gasteiger partial charge >= 0.3 is 0 Å². The highest BCUT2D eigenvalue weighted by molar-refractivity contribution is 6.12. The number of nitrogens with zero attached hydrogens (tertiary/aromatic N) is 1. The molecule has 0 atom stereocenters. The minimum absolute atomic E-state index is 0.00889. The number of allylic oxidation sites excluding steroid dienone is 4. The molecule has 1 aliphatic heterocycles. The van der Waals surface area contributed by atoms with Gasteiger partial charge in [0.15, 0.2) is 5.82 Å². The van der Waals surface area contributed by atoms with E-state index in [1.54, 1.807) is 13.0 Å². The number of nitrogens with one attached hydrogen (secondary N) is 1. The van der Waals surface area contributed by atoms with Crippen molar-refractivity contribution in [3.05, 3.63) is 64.9 Å². The number of Topliss-reactive ketones (excluding diaryl/α,β-unsaturated/α-hetero) is 1. The van der Waals surface area contributed by atoms with Crippen LogP contribution in [0.5, 0.6) is 0 Å². The number of nitrogens with two attached hydrogens (primary N) is 1. The van der Waals surface area contributed by atoms with Gasteiger partial charge in [-0.2, -0.15) is 5.10 Å². The van der Waals surface area contributed by atoms with Crippen LogP contribution in [0.25, 0.3) is 0 Å². The van der Waals surface area contributed by atoms with Crippen molar-refractivity contribution >= 4 is 17.7 Å². The Morgan fingerprint density at radius 1 is 1.30 bits per heavy atom. The normalized spacial score (nSPS) is 19.6. The summed E-state index contributed by atoms with van der Waals surface area (Å²) in [6.07, 6.45) is 4.37. The molecule has 0 aliphatic carbocycles. The molecular weight excluding hydrogens is 300 g/mol. The van der Waals surface area contributed by atoms with Gasteiger partial charge in [0.1, 0.15) is 5.82 Å². The highest BCUT2D eigenvalue weighted by atomic mass is 19.1. The van der Waals surface area contributed by atoms with Gasteiger partial charge in [-0.3, -0.25) is 10.2 Å². The van der Waals surface area contributed by atoms with E-state index in [4.69, 9.17) is 5.73 Å². The molecule has 4 nitrogen and oxygen atoms in total. The van der Waals surface area contributed by atoms with E-state index in [2.05, 4.69) is 17.1 Å². The standard InChI is InChI=1S/C15H13F2N3O.C2H6/c1-8-5-9(2)10(7-20-19-6-8)15(21)13-11(16)3-4-12(18)14(13)17;1-2/h3-7,20H,2,18H2,1H3;1-2H3/b8-5-,10-7+,19-6-;. The van der Waals surface area contributed by atoms with Crippen molar-refractivity contribution < 1.29 is 13.6 Å². The molecular formula is C17H19F2N3O. The Morgan fingerprint density at radius 3 is 2.61 bits per heavy atom. The molecule has 2 rings (SSSR count). The quantitative estimate of drug-likeness (QED) is 0.645. The van der Waals surface area contributed by atoms with Crippen LogP contribution < -0.4 is 11.2 Å². The molecule has 1 aromatic rings. The smallest absolute Gasteiger partial charge is 0.201 e. The zero-order chi connectivity index (χ0) is 17.6. The average Bonchev–Trinajstić information content (AvgIpc) is 2.51. The van der Waals surface area contributed by atoms with Crippen LogP contribution in [-0.2, 0) is 0 Å². The maximum atomic E-state index is 13.9. The number of ketones is 1. The Labute approximate surface area is 134 Å². The minimum Gasteiger partial charge on any atom is -0.396 e. The predicted molar refractivity (Wildman–Crippen MR) is 89.1 cm³/mol. The zero-order valence-corrected chi connectivity index (χ0v) is 13.3. The first-order chi connectivity index (χ1) is 10.9. The number of nitrogen functional groups attached to an aromatic ring is 1. The molecule has 1 aromatic carbocycles. The Kier molecular flexibility index (Phi) is 6.38. The summed E-state index contributed by atoms with van der Waals surface area (Å²) in [5, 5.41) is 3.81. The van der Waals surface area contributed by atoms with Gasteiger partial charge in [-0.25, -0.2) is 8.78 Å². The van der Waals surface area contributed by atoms with Gasteiger partial charge in [0.25, 0.3) is 0 Å². The second-order valence-electron chi connectivity index (χ2n) is 4.51. The van der Waals surface area contributed by atoms with E-state index in [-0.39, 0.29) is 11.3 Å². The fourth-order valence-electron chi connectivity index (χ4n) is 1.85. The van der Waals surface area contributed by atoms with E-state index in [0.717, 1.165) is 17.7 Å². The molecule has 0 spiro atoms. The third-order valence-corrected chi connectivity index (χ3v) is 2.89. The number of hydrazone groups is 1. The first-order valence-corrected chi connectivity index (χ1v) is 7.06. The van der Waals surface area contributed by atoms with Crippen LogP contribution in [0.1, 0.15) is 31.1 Å². The summed E-state index contributed by atoms with van der Waals surface area (Å²) in [4.78, 5) is 12.4. The monoisotopic (exact) mass is 319 g/mol. The molecule has 0 saturated carbocycles. The van der Waals surface area contributed by atoms with Crippen LogP contribution in [0.3, 0.4) is 0 Å². The number of carbonyl (C=O) groups excluding carboxylic acids is 1. The van der Waals surface area contributed by atoms with Gasteiger partial charge in [-0.15, -0.1) is 0 Å². The number of halogens is 2. The van der Waals surface area contributed by atoms with Crippen LogP contribution >= 0.6 is 0 Å². The maximum absolute atomic E-state index is 13.9. The van der Waals surface area contributed by atoms with E-state index in [9.17, 15) is 13.6 Å². The minimum atomic E-state index is -1.08. The lowest BCUT2D eigenvalue weighted by Crippen LogP contribution is -2.14. The number of rotatable bonds is 2. The molecule has 0 bridgehead atoms. The Morgan fingerprint density at radius 2 is 1.96 bits per heavy atom. The van der Waals surface area contributed by atoms with Gasteiger partial charge in [-0.05, 0) is 30.2 Å². The molecule has 0 amide bonds. The fourth-order valence-corrected chi connectivity index (χ4v) is 1.85. The van der Waals surface area contributed by atoms with Crippen molar-refractivity contribution in [1.82, 2.24) is 5.43 Å². The Hall–Kier alpha value is -2.76. The molecule has 1 heterocycles. The van der Waals surface area contributed by atoms with Gasteiger partial charge in [0.2, 0.25) is 5.78 Å². The van der Waals surface area contributed by atoms with Crippen LogP contribution in [0, 0.1) is 11.6 Å². The molecule has 6 heteroatoms. The third-order valence-electron chi connectivity index (χ3n) is 2.89. The maximum Gasteiger partial charge on any atom is 0.201 e. The number of hydrogen-bond donors (Lipinski definition) is 2. The van der Waals surface area contributed by atoms with Crippen molar-refractivity contribution in [3.63, 3.8) is 0 Å². The van der Waals surface area contributed by atoms with Crippen LogP contribution in [0.15, 0.2) is 52.8 Å². The van der Waals surface area contributed by atoms with Crippen molar-refractivity contribution in [2.24, 2.45) is 5.10 Å². The molecule has 1 aliphatic rings. The second kappa shape index (κ2) is 8.03. The summed E-state index contributed by atoms with van der Waals surface area (Å²) in [5.41, 5.74) is 7.95. The summed E-state index contributed by atoms with van der Waals surface area (Å²) in [7, 11) is 0. The van der Waals surface area contributed by atoms with Crippen molar-refractivity contribution in [2.75, 3.05) is 5.73 Å². The zero-order valence-electron chi connectivity index (χ0n) is 13.3. The summed E-state index contributed by atoms with van der Waals surface area (Å²) < 4.78 is 27.7. The Balaban J connectivity index is 0.00000127. The van der Waals surface area contributed by atoms with Crippen molar-refractivity contribution in [3.8, 4) is 0 Å². The summed E-state index contributed by atoms with van der Waals surface area (Å²) in [5.74, 6) is -2.91. The number of carbonyl (C=O) groups is 1. The second-order valence-corrected chi connectivity index (χ2v) is 4.51. The van der Waals surface area contributed by atoms with E-state index in [1.807, 2.05) is 13.8 Å². The summed E-state index contributed by atoms with van der Waals surface area (Å²) in [6.45, 7) is 9.49. The van der Waals surface area contributed by atoms with E-state index < -0.39 is 23.0 Å². The molecule has 23 heavy (non-hydrogen) atoms. The predicted octanol–water partition coefficient (Wildman–Crippen LogP) is 3.73. The van der Waals surface area contributed by atoms with Gasteiger partial charge in [0, 0.05) is 11.8 Å². The van der Waals surface area contributed by atoms with Crippen LogP contribution in [0.2, 0.25) is 0 Å². The van der Waals surface area contributed by atoms with Crippen molar-refractivity contribution in [1.29, 1.82) is 0 Å². The Bertz CT molecular complexity index is 719. The lowest BCUT2D eigenvalue weighted by molar-refractivity contribution is 0.102. The van der Waals surface area contributed by atoms with Crippen LogP contribution in [0.4, 0.5) is 14.5 Å². The van der Waals surface area contributed by atoms with Crippen molar-refractivity contribution in [2.45, 2.75) is 20.8 Å². The van der Waals surface area contributed by atoms with E-state index in [0.29, 0.717) is 5.57 Å². The largest absolute Gasteiger partial charge is 0.396 e. The SMILES string of the molecule is C=C1/C=C(C)\C=N/N/C=C\1C(=O)c1c(F)ccc(N)c1F.CC. The molecule has 3 N–H and O–H groups in total. The number of hydrogen-bond acceptors (Lipinski definition) is 4. The first-order valence-electron chi connectivity index (χ1n) is 7.06. The molecule has 0 fully saturated rings. The first kappa shape index (κ1) is 18.3. The summed E-state index contributed by atoms with van der Waals surface area (Å²) in [6, 6.07) is 2.01.